The minimum atomic E-state index is 0.459. The van der Waals surface area contributed by atoms with E-state index in [0.717, 1.165) is 58.9 Å². The number of ether oxygens (including phenoxy) is 1. The summed E-state index contributed by atoms with van der Waals surface area (Å²) in [5.41, 5.74) is 4.35. The number of likely N-dealkylation sites (N-methyl/N-ethyl adjacent to an activating group) is 1. The van der Waals surface area contributed by atoms with E-state index >= 15 is 0 Å². The lowest BCUT2D eigenvalue weighted by atomic mass is 9.96. The van der Waals surface area contributed by atoms with Crippen molar-refractivity contribution in [1.82, 2.24) is 9.80 Å². The van der Waals surface area contributed by atoms with Gasteiger partial charge in [-0.3, -0.25) is 4.90 Å². The average molecular weight is 396 g/mol. The Morgan fingerprint density at radius 2 is 1.68 bits per heavy atom. The number of nitrogens with zero attached hydrogens (tertiary/aromatic N) is 3. The fraction of sp³-hybridized carbons (Fsp3) is 0.478. The third-order valence-electron chi connectivity index (χ3n) is 6.31. The van der Waals surface area contributed by atoms with Gasteiger partial charge < -0.3 is 14.5 Å². The van der Waals surface area contributed by atoms with Gasteiger partial charge in [-0.15, -0.1) is 0 Å². The lowest BCUT2D eigenvalue weighted by molar-refractivity contribution is 0.109. The van der Waals surface area contributed by atoms with Gasteiger partial charge in [0.05, 0.1) is 13.2 Å². The summed E-state index contributed by atoms with van der Waals surface area (Å²) < 4.78 is 5.56. The molecule has 0 unspecified atom stereocenters. The normalized spacial score (nSPS) is 23.8. The first-order valence-corrected chi connectivity index (χ1v) is 11.2. The highest BCUT2D eigenvalue weighted by molar-refractivity contribution is 7.99. The van der Waals surface area contributed by atoms with Crippen molar-refractivity contribution in [2.75, 3.05) is 64.4 Å². The summed E-state index contributed by atoms with van der Waals surface area (Å²) in [4.78, 5) is 10.5. The van der Waals surface area contributed by atoms with Gasteiger partial charge in [-0.05, 0) is 48.9 Å². The van der Waals surface area contributed by atoms with Crippen molar-refractivity contribution < 1.29 is 4.74 Å². The van der Waals surface area contributed by atoms with Crippen LogP contribution in [0.25, 0.3) is 0 Å². The summed E-state index contributed by atoms with van der Waals surface area (Å²) in [7, 11) is 2.24. The first kappa shape index (κ1) is 18.5. The van der Waals surface area contributed by atoms with Crippen molar-refractivity contribution in [3.8, 4) is 0 Å². The van der Waals surface area contributed by atoms with Gasteiger partial charge in [0, 0.05) is 60.8 Å². The molecular weight excluding hydrogens is 366 g/mol. The van der Waals surface area contributed by atoms with Gasteiger partial charge in [-0.2, -0.15) is 0 Å². The number of rotatable bonds is 2. The molecule has 0 radical (unpaired) electrons. The quantitative estimate of drug-likeness (QED) is 0.772. The first-order chi connectivity index (χ1) is 13.8. The van der Waals surface area contributed by atoms with Crippen LogP contribution in [-0.4, -0.2) is 69.3 Å². The van der Waals surface area contributed by atoms with E-state index in [1.807, 2.05) is 11.8 Å². The van der Waals surface area contributed by atoms with Gasteiger partial charge in [0.15, 0.2) is 0 Å². The van der Waals surface area contributed by atoms with Gasteiger partial charge in [0.25, 0.3) is 0 Å². The molecular formula is C23H29N3OS. The van der Waals surface area contributed by atoms with Gasteiger partial charge in [-0.1, -0.05) is 30.0 Å². The molecule has 2 aromatic carbocycles. The monoisotopic (exact) mass is 395 g/mol. The molecule has 148 valence electrons. The van der Waals surface area contributed by atoms with E-state index in [4.69, 9.17) is 4.74 Å². The minimum Gasteiger partial charge on any atom is -0.378 e. The van der Waals surface area contributed by atoms with Gasteiger partial charge in [0.1, 0.15) is 0 Å². The summed E-state index contributed by atoms with van der Waals surface area (Å²) >= 11 is 1.95. The van der Waals surface area contributed by atoms with Crippen molar-refractivity contribution in [3.63, 3.8) is 0 Å². The van der Waals surface area contributed by atoms with Crippen LogP contribution in [0.2, 0.25) is 0 Å². The lowest BCUT2D eigenvalue weighted by Gasteiger charge is -2.39. The van der Waals surface area contributed by atoms with E-state index in [1.165, 1.54) is 26.6 Å². The topological polar surface area (TPSA) is 19.0 Å². The maximum Gasteiger partial charge on any atom is 0.0642 e. The second-order valence-corrected chi connectivity index (χ2v) is 9.17. The van der Waals surface area contributed by atoms with E-state index in [2.05, 4.69) is 64.2 Å². The second-order valence-electron chi connectivity index (χ2n) is 8.09. The third-order valence-corrected chi connectivity index (χ3v) is 7.52. The van der Waals surface area contributed by atoms with Gasteiger partial charge in [0.2, 0.25) is 0 Å². The number of morpholine rings is 1. The zero-order valence-corrected chi connectivity index (χ0v) is 17.5. The number of piperazine rings is 1. The highest BCUT2D eigenvalue weighted by Crippen LogP contribution is 2.44. The molecule has 5 rings (SSSR count). The van der Waals surface area contributed by atoms with E-state index < -0.39 is 0 Å². The highest BCUT2D eigenvalue weighted by atomic mass is 32.2. The average Bonchev–Trinajstić information content (AvgIpc) is 2.91. The Balaban J connectivity index is 1.53. The van der Waals surface area contributed by atoms with Crippen molar-refractivity contribution in [3.05, 3.63) is 53.6 Å². The maximum atomic E-state index is 5.56. The molecule has 0 amide bonds. The Hall–Kier alpha value is -1.53. The number of benzene rings is 2. The third kappa shape index (κ3) is 3.69. The SMILES string of the molecule is CN1CCN([C@H]2Cc3ccccc3Sc3ccc(N4CCOCC4)cc32)CC1. The molecule has 2 saturated heterocycles. The summed E-state index contributed by atoms with van der Waals surface area (Å²) in [6.45, 7) is 8.26. The Labute approximate surface area is 172 Å². The molecule has 3 aliphatic heterocycles. The smallest absolute Gasteiger partial charge is 0.0642 e. The van der Waals surface area contributed by atoms with Crippen molar-refractivity contribution in [2.24, 2.45) is 0 Å². The lowest BCUT2D eigenvalue weighted by Crippen LogP contribution is -2.46. The van der Waals surface area contributed by atoms with Crippen molar-refractivity contribution in [1.29, 1.82) is 0 Å². The fourth-order valence-electron chi connectivity index (χ4n) is 4.58. The molecule has 2 aromatic rings. The van der Waals surface area contributed by atoms with E-state index in [9.17, 15) is 0 Å². The predicted octanol–water partition coefficient (Wildman–Crippen LogP) is 3.52. The van der Waals surface area contributed by atoms with Crippen molar-refractivity contribution in [2.45, 2.75) is 22.3 Å². The predicted molar refractivity (Wildman–Crippen MR) is 116 cm³/mol. The Morgan fingerprint density at radius 1 is 0.893 bits per heavy atom. The van der Waals surface area contributed by atoms with Crippen LogP contribution in [0.5, 0.6) is 0 Å². The van der Waals surface area contributed by atoms with Crippen LogP contribution in [0.1, 0.15) is 17.2 Å². The largest absolute Gasteiger partial charge is 0.378 e. The van der Waals surface area contributed by atoms with Crippen LogP contribution in [0, 0.1) is 0 Å². The van der Waals surface area contributed by atoms with Crippen LogP contribution >= 0.6 is 11.8 Å². The summed E-state index contributed by atoms with van der Waals surface area (Å²) in [6, 6.07) is 16.6. The molecule has 3 aliphatic rings. The number of fused-ring (bicyclic) bond motifs is 2. The molecule has 0 bridgehead atoms. The summed E-state index contributed by atoms with van der Waals surface area (Å²) in [6.07, 6.45) is 1.10. The molecule has 3 heterocycles. The standard InChI is InChI=1S/C23H29N3OS/c1-24-8-10-26(11-9-24)21-16-18-4-2-3-5-22(18)28-23-7-6-19(17-20(21)23)25-12-14-27-15-13-25/h2-7,17,21H,8-16H2,1H3/t21-/m0/s1. The van der Waals surface area contributed by atoms with Gasteiger partial charge >= 0.3 is 0 Å². The van der Waals surface area contributed by atoms with Crippen LogP contribution in [0.3, 0.4) is 0 Å². The molecule has 28 heavy (non-hydrogen) atoms. The summed E-state index contributed by atoms with van der Waals surface area (Å²) in [5, 5.41) is 0. The van der Waals surface area contributed by atoms with E-state index in [-0.39, 0.29) is 0 Å². The molecule has 0 aromatic heterocycles. The fourth-order valence-corrected chi connectivity index (χ4v) is 5.69. The van der Waals surface area contributed by atoms with Crippen LogP contribution in [-0.2, 0) is 11.2 Å². The number of anilines is 1. The van der Waals surface area contributed by atoms with E-state index in [0.29, 0.717) is 6.04 Å². The molecule has 2 fully saturated rings. The zero-order valence-electron chi connectivity index (χ0n) is 16.6. The Kier molecular flexibility index (Phi) is 5.33. The van der Waals surface area contributed by atoms with Gasteiger partial charge in [-0.25, -0.2) is 0 Å². The molecule has 1 atom stereocenters. The zero-order chi connectivity index (χ0) is 18.9. The van der Waals surface area contributed by atoms with E-state index in [1.54, 1.807) is 0 Å². The second kappa shape index (κ2) is 8.07. The minimum absolute atomic E-state index is 0.459. The first-order valence-electron chi connectivity index (χ1n) is 10.4. The Bertz CT molecular complexity index is 828. The Morgan fingerprint density at radius 3 is 2.50 bits per heavy atom. The molecule has 0 saturated carbocycles. The molecule has 0 N–H and O–H groups in total. The van der Waals surface area contributed by atoms with Crippen LogP contribution < -0.4 is 4.90 Å². The maximum absolute atomic E-state index is 5.56. The number of hydrogen-bond donors (Lipinski definition) is 0. The molecule has 4 nitrogen and oxygen atoms in total. The summed E-state index contributed by atoms with van der Waals surface area (Å²) in [5.74, 6) is 0. The highest BCUT2D eigenvalue weighted by Gasteiger charge is 2.30. The molecule has 5 heteroatoms. The van der Waals surface area contributed by atoms with Crippen LogP contribution in [0.15, 0.2) is 52.3 Å². The van der Waals surface area contributed by atoms with Crippen molar-refractivity contribution >= 4 is 17.4 Å². The number of hydrogen-bond acceptors (Lipinski definition) is 5. The molecule has 0 spiro atoms. The van der Waals surface area contributed by atoms with Crippen LogP contribution in [0.4, 0.5) is 5.69 Å². The molecule has 0 aliphatic carbocycles.